The van der Waals surface area contributed by atoms with Crippen LogP contribution in [0.1, 0.15) is 76.9 Å². The molecule has 0 saturated carbocycles. The minimum atomic E-state index is -4.45. The Balaban J connectivity index is 0. The molecule has 0 aliphatic heterocycles. The molecule has 0 spiro atoms. The topological polar surface area (TPSA) is 26.3 Å². The average Bonchev–Trinajstić information content (AvgIpc) is 2.69. The van der Waals surface area contributed by atoms with E-state index in [0.29, 0.717) is 5.56 Å². The Hall–Kier alpha value is -2.01. The third kappa shape index (κ3) is 12.5. The maximum atomic E-state index is 12.5. The Kier molecular flexibility index (Phi) is 15.9. The van der Waals surface area contributed by atoms with Crippen LogP contribution < -0.4 is 4.74 Å². The van der Waals surface area contributed by atoms with E-state index < -0.39 is 11.7 Å². The summed E-state index contributed by atoms with van der Waals surface area (Å²) in [6.07, 6.45) is -4.45. The van der Waals surface area contributed by atoms with Crippen LogP contribution in [0.25, 0.3) is 0 Å². The largest absolute Gasteiger partial charge is 0.487 e. The van der Waals surface area contributed by atoms with Crippen molar-refractivity contribution in [2.24, 2.45) is 5.92 Å². The van der Waals surface area contributed by atoms with Crippen LogP contribution in [0.3, 0.4) is 0 Å². The lowest BCUT2D eigenvalue weighted by Crippen LogP contribution is -2.05. The van der Waals surface area contributed by atoms with E-state index >= 15 is 0 Å². The lowest BCUT2D eigenvalue weighted by molar-refractivity contribution is -0.137. The molecule has 6 heteroatoms. The monoisotopic (exact) mass is 446 g/mol. The van der Waals surface area contributed by atoms with Gasteiger partial charge in [0.25, 0.3) is 0 Å². The van der Waals surface area contributed by atoms with Gasteiger partial charge in [-0.3, -0.25) is 4.79 Å². The third-order valence-electron chi connectivity index (χ3n) is 2.99. The van der Waals surface area contributed by atoms with Crippen LogP contribution >= 0.6 is 11.6 Å². The minimum absolute atomic E-state index is 0.0746. The summed E-state index contributed by atoms with van der Waals surface area (Å²) in [6.45, 7) is 16.1. The minimum Gasteiger partial charge on any atom is -0.487 e. The summed E-state index contributed by atoms with van der Waals surface area (Å²) < 4.78 is 43.0. The normalized spacial score (nSPS) is 9.90. The van der Waals surface area contributed by atoms with Crippen LogP contribution in [0, 0.1) is 5.92 Å². The van der Waals surface area contributed by atoms with Gasteiger partial charge in [0.05, 0.1) is 10.6 Å². The number of ether oxygens (including phenoxy) is 1. The Morgan fingerprint density at radius 2 is 1.53 bits per heavy atom. The molecule has 0 saturated heterocycles. The number of ketones is 1. The van der Waals surface area contributed by atoms with Crippen LogP contribution in [-0.4, -0.2) is 5.78 Å². The molecule has 0 aliphatic carbocycles. The SMILES string of the molecule is CC.CC.CC(=O)c1cccc(COc2ccc(C(F)(F)F)cc2Cl)c1.CC(C)C. The Bertz CT molecular complexity index is 739. The molecule has 2 nitrogen and oxygen atoms in total. The molecule has 0 radical (unpaired) electrons. The standard InChI is InChI=1S/C16H12ClF3O2.C4H10.2C2H6/c1-10(21)12-4-2-3-11(7-12)9-22-15-6-5-13(8-14(15)17)16(18,19)20;1-4(2)3;2*1-2/h2-8H,9H2,1H3;4H,1-3H3;2*1-2H3. The van der Waals surface area contributed by atoms with Gasteiger partial charge in [-0.05, 0) is 42.7 Å². The predicted octanol–water partition coefficient (Wildman–Crippen LogP) is 8.86. The fraction of sp³-hybridized carbons (Fsp3) is 0.458. The fourth-order valence-corrected chi connectivity index (χ4v) is 2.07. The number of hydrogen-bond acceptors (Lipinski definition) is 2. The van der Waals surface area contributed by atoms with E-state index in [1.807, 2.05) is 27.7 Å². The van der Waals surface area contributed by atoms with Crippen molar-refractivity contribution in [3.8, 4) is 5.75 Å². The molecule has 2 aromatic carbocycles. The van der Waals surface area contributed by atoms with Crippen LogP contribution in [-0.2, 0) is 12.8 Å². The molecular formula is C24H34ClF3O2. The van der Waals surface area contributed by atoms with Gasteiger partial charge >= 0.3 is 6.18 Å². The van der Waals surface area contributed by atoms with Gasteiger partial charge in [-0.25, -0.2) is 0 Å². The van der Waals surface area contributed by atoms with E-state index in [0.717, 1.165) is 23.6 Å². The molecule has 0 amide bonds. The van der Waals surface area contributed by atoms with Crippen LogP contribution in [0.4, 0.5) is 13.2 Å². The zero-order valence-electron chi connectivity index (χ0n) is 19.2. The predicted molar refractivity (Wildman–Crippen MR) is 120 cm³/mol. The van der Waals surface area contributed by atoms with E-state index in [-0.39, 0.29) is 23.2 Å². The highest BCUT2D eigenvalue weighted by Crippen LogP contribution is 2.34. The van der Waals surface area contributed by atoms with Gasteiger partial charge in [0.2, 0.25) is 0 Å². The summed E-state index contributed by atoms with van der Waals surface area (Å²) in [6, 6.07) is 9.72. The van der Waals surface area contributed by atoms with Crippen LogP contribution in [0.5, 0.6) is 5.75 Å². The van der Waals surface area contributed by atoms with Crippen LogP contribution in [0.2, 0.25) is 5.02 Å². The van der Waals surface area contributed by atoms with E-state index in [4.69, 9.17) is 16.3 Å². The molecule has 0 bridgehead atoms. The average molecular weight is 447 g/mol. The smallest absolute Gasteiger partial charge is 0.416 e. The molecule has 30 heavy (non-hydrogen) atoms. The van der Waals surface area contributed by atoms with Gasteiger partial charge in [-0.15, -0.1) is 0 Å². The summed E-state index contributed by atoms with van der Waals surface area (Å²) in [7, 11) is 0. The second kappa shape index (κ2) is 15.8. The molecule has 0 unspecified atom stereocenters. The molecular weight excluding hydrogens is 413 g/mol. The van der Waals surface area contributed by atoms with E-state index in [1.54, 1.807) is 24.3 Å². The van der Waals surface area contributed by atoms with Gasteiger partial charge in [-0.1, -0.05) is 78.3 Å². The highest BCUT2D eigenvalue weighted by atomic mass is 35.5. The van der Waals surface area contributed by atoms with E-state index in [9.17, 15) is 18.0 Å². The maximum Gasteiger partial charge on any atom is 0.416 e. The second-order valence-electron chi connectivity index (χ2n) is 6.42. The van der Waals surface area contributed by atoms with Gasteiger partial charge in [0.1, 0.15) is 12.4 Å². The molecule has 0 atom stereocenters. The number of benzene rings is 2. The zero-order valence-corrected chi connectivity index (χ0v) is 19.9. The fourth-order valence-electron chi connectivity index (χ4n) is 1.84. The Morgan fingerprint density at radius 1 is 1.00 bits per heavy atom. The van der Waals surface area contributed by atoms with Gasteiger partial charge in [0.15, 0.2) is 5.78 Å². The highest BCUT2D eigenvalue weighted by molar-refractivity contribution is 6.32. The molecule has 2 aromatic rings. The van der Waals surface area contributed by atoms with Crippen molar-refractivity contribution in [1.29, 1.82) is 0 Å². The molecule has 0 heterocycles. The number of carbonyl (C=O) groups is 1. The van der Waals surface area contributed by atoms with Crippen molar-refractivity contribution < 1.29 is 22.7 Å². The maximum absolute atomic E-state index is 12.5. The summed E-state index contributed by atoms with van der Waals surface area (Å²) in [5.74, 6) is 0.914. The van der Waals surface area contributed by atoms with Crippen molar-refractivity contribution >= 4 is 17.4 Å². The Labute approximate surface area is 184 Å². The first-order valence-electron chi connectivity index (χ1n) is 10.1. The summed E-state index contributed by atoms with van der Waals surface area (Å²) >= 11 is 5.80. The second-order valence-corrected chi connectivity index (χ2v) is 6.83. The van der Waals surface area contributed by atoms with Crippen molar-refractivity contribution in [1.82, 2.24) is 0 Å². The Morgan fingerprint density at radius 3 is 1.97 bits per heavy atom. The summed E-state index contributed by atoms with van der Waals surface area (Å²) in [4.78, 5) is 11.3. The van der Waals surface area contributed by atoms with Gasteiger partial charge < -0.3 is 4.74 Å². The van der Waals surface area contributed by atoms with Crippen LogP contribution in [0.15, 0.2) is 42.5 Å². The quantitative estimate of drug-likeness (QED) is 0.438. The van der Waals surface area contributed by atoms with Crippen molar-refractivity contribution in [3.05, 3.63) is 64.2 Å². The molecule has 0 aromatic heterocycles. The molecule has 0 aliphatic rings. The number of alkyl halides is 3. The van der Waals surface area contributed by atoms with Gasteiger partial charge in [-0.2, -0.15) is 13.2 Å². The number of rotatable bonds is 4. The lowest BCUT2D eigenvalue weighted by Gasteiger charge is -2.11. The lowest BCUT2D eigenvalue weighted by atomic mass is 10.1. The third-order valence-corrected chi connectivity index (χ3v) is 3.28. The summed E-state index contributed by atoms with van der Waals surface area (Å²) in [5, 5.41) is -0.113. The van der Waals surface area contributed by atoms with Crippen molar-refractivity contribution in [2.75, 3.05) is 0 Å². The first kappa shape index (κ1) is 30.2. The van der Waals surface area contributed by atoms with Gasteiger partial charge in [0, 0.05) is 5.56 Å². The zero-order chi connectivity index (χ0) is 23.9. The number of Topliss-reactive ketones (excluding diaryl/α,β-unsaturated/α-hetero) is 1. The highest BCUT2D eigenvalue weighted by Gasteiger charge is 2.31. The molecule has 0 N–H and O–H groups in total. The first-order valence-corrected chi connectivity index (χ1v) is 10.5. The van der Waals surface area contributed by atoms with Crippen molar-refractivity contribution in [2.45, 2.75) is 68.2 Å². The number of hydrogen-bond donors (Lipinski definition) is 0. The molecule has 170 valence electrons. The molecule has 0 fully saturated rings. The van der Waals surface area contributed by atoms with E-state index in [2.05, 4.69) is 20.8 Å². The van der Waals surface area contributed by atoms with E-state index in [1.165, 1.54) is 13.0 Å². The molecule has 2 rings (SSSR count). The first-order chi connectivity index (χ1) is 14.0. The number of halogens is 4. The van der Waals surface area contributed by atoms with Crippen molar-refractivity contribution in [3.63, 3.8) is 0 Å². The summed E-state index contributed by atoms with van der Waals surface area (Å²) in [5.41, 5.74) is 0.437. The number of carbonyl (C=O) groups excluding carboxylic acids is 1.